The van der Waals surface area contributed by atoms with Crippen LogP contribution < -0.4 is 0 Å². The van der Waals surface area contributed by atoms with Crippen LogP contribution in [0, 0.1) is 0 Å². The molecule has 0 amide bonds. The molecule has 3 saturated heterocycles. The maximum atomic E-state index is 14.3. The van der Waals surface area contributed by atoms with Gasteiger partial charge in [-0.25, -0.2) is 19.2 Å². The Morgan fingerprint density at radius 3 is 1.39 bits per heavy atom. The van der Waals surface area contributed by atoms with Crippen LogP contribution >= 0.6 is 0 Å². The number of methoxy groups -OCH3 is 2. The molecule has 0 spiro atoms. The molecule has 3 heterocycles. The quantitative estimate of drug-likeness (QED) is 0.0831. The van der Waals surface area contributed by atoms with E-state index in [9.17, 15) is 24.3 Å². The number of carbonyl (C=O) groups excluding carboxylic acids is 4. The van der Waals surface area contributed by atoms with Crippen molar-refractivity contribution in [2.45, 2.75) is 93.4 Å². The molecule has 368 valence electrons. The van der Waals surface area contributed by atoms with Crippen LogP contribution in [-0.2, 0) is 63.4 Å². The number of fused-ring (bicyclic) bond motifs is 1. The molecule has 17 nitrogen and oxygen atoms in total. The molecule has 5 aromatic rings. The molecule has 0 radical (unpaired) electrons. The second-order valence-corrected chi connectivity index (χ2v) is 16.8. The van der Waals surface area contributed by atoms with E-state index in [1.54, 1.807) is 98.8 Å². The smallest absolute Gasteiger partial charge is 0.338 e. The van der Waals surface area contributed by atoms with Gasteiger partial charge in [0.15, 0.2) is 30.9 Å². The Labute approximate surface area is 404 Å². The molecule has 0 bridgehead atoms. The number of hydrogen-bond acceptors (Lipinski definition) is 17. The first kappa shape index (κ1) is 50.0. The number of benzene rings is 5. The van der Waals surface area contributed by atoms with Crippen LogP contribution in [0.15, 0.2) is 152 Å². The highest BCUT2D eigenvalue weighted by atomic mass is 16.8. The highest BCUT2D eigenvalue weighted by Crippen LogP contribution is 2.45. The zero-order chi connectivity index (χ0) is 49.3. The summed E-state index contributed by atoms with van der Waals surface area (Å²) in [5, 5.41) is 10.8. The van der Waals surface area contributed by atoms with Gasteiger partial charge in [-0.1, -0.05) is 103 Å². The lowest BCUT2D eigenvalue weighted by Gasteiger charge is -2.57. The summed E-state index contributed by atoms with van der Waals surface area (Å²) in [6, 6.07) is 41.3. The molecule has 0 saturated carbocycles. The molecular formula is C53H54O17. The van der Waals surface area contributed by atoms with Crippen molar-refractivity contribution in [2.75, 3.05) is 27.4 Å². The minimum atomic E-state index is -1.80. The van der Waals surface area contributed by atoms with Crippen LogP contribution in [-0.4, -0.2) is 129 Å². The molecular weight excluding hydrogens is 909 g/mol. The molecule has 0 unspecified atom stereocenters. The lowest BCUT2D eigenvalue weighted by Crippen LogP contribution is -2.74. The van der Waals surface area contributed by atoms with Gasteiger partial charge in [0.1, 0.15) is 37.1 Å². The molecule has 1 N–H and O–H groups in total. The third-order valence-electron chi connectivity index (χ3n) is 12.4. The minimum Gasteiger partial charge on any atom is -0.459 e. The van der Waals surface area contributed by atoms with Gasteiger partial charge >= 0.3 is 23.9 Å². The number of hydrogen-bond donors (Lipinski definition) is 1. The van der Waals surface area contributed by atoms with Crippen LogP contribution in [0.4, 0.5) is 0 Å². The Balaban J connectivity index is 1.25. The summed E-state index contributed by atoms with van der Waals surface area (Å²) >= 11 is 0. The first-order chi connectivity index (χ1) is 33.9. The Bertz CT molecular complexity index is 2500. The molecule has 0 aliphatic carbocycles. The van der Waals surface area contributed by atoms with E-state index in [0.717, 1.165) is 5.56 Å². The number of esters is 4. The van der Waals surface area contributed by atoms with Crippen LogP contribution in [0.3, 0.4) is 0 Å². The zero-order valence-corrected chi connectivity index (χ0v) is 38.8. The fourth-order valence-corrected chi connectivity index (χ4v) is 8.33. The largest absolute Gasteiger partial charge is 0.459 e. The molecule has 8 rings (SSSR count). The standard InChI is InChI=1S/C53H54O17/c1-52(59-3)53(2,60-4)70-43-41(69-52)38(30-54)63-50(62-31-33-20-10-5-11-21-33)45(43)68-51-44(67-49(58)37-28-18-9-19-29-37)42(66-48(57)36-26-16-8-17-27-36)40(65-47(56)35-24-14-7-15-25-35)39(64-51)32-61-46(55)34-22-12-6-13-23-34/h5-29,38-45,50-51,54H,30-32H2,1-4H3/t38-,39-,40-,41-,42+,43+,44+,45+,50+,51-,52+,53+/m1/s1. The molecule has 0 aromatic heterocycles. The summed E-state index contributed by atoms with van der Waals surface area (Å²) in [5.41, 5.74) is 1.27. The average molecular weight is 963 g/mol. The van der Waals surface area contributed by atoms with Gasteiger partial charge in [-0.3, -0.25) is 0 Å². The maximum Gasteiger partial charge on any atom is 0.338 e. The van der Waals surface area contributed by atoms with Gasteiger partial charge in [-0.2, -0.15) is 0 Å². The molecule has 3 aliphatic rings. The minimum absolute atomic E-state index is 0.0239. The van der Waals surface area contributed by atoms with Crippen molar-refractivity contribution in [1.82, 2.24) is 0 Å². The number of carbonyl (C=O) groups is 4. The SMILES string of the molecule is CO[C@@]1(C)O[C@@H]2[C@H](O[C@H]3O[C@H](COC(=O)c4ccccc4)[C@@H](OC(=O)c4ccccc4)[C@H](OC(=O)c4ccccc4)[C@@H]3OC(=O)c3ccccc3)[C@@H](OCc3ccccc3)O[C@H](CO)[C@H]2O[C@]1(C)OC. The zero-order valence-electron chi connectivity index (χ0n) is 38.8. The van der Waals surface area contributed by atoms with E-state index in [2.05, 4.69) is 0 Å². The van der Waals surface area contributed by atoms with Crippen LogP contribution in [0.2, 0.25) is 0 Å². The summed E-state index contributed by atoms with van der Waals surface area (Å²) in [5.74, 6) is -6.65. The fourth-order valence-electron chi connectivity index (χ4n) is 8.33. The van der Waals surface area contributed by atoms with Gasteiger partial charge in [0, 0.05) is 14.2 Å². The molecule has 5 aromatic carbocycles. The first-order valence-electron chi connectivity index (χ1n) is 22.6. The van der Waals surface area contributed by atoms with Gasteiger partial charge in [0.05, 0.1) is 35.5 Å². The normalized spacial score (nSPS) is 29.4. The molecule has 17 heteroatoms. The second-order valence-electron chi connectivity index (χ2n) is 16.8. The Morgan fingerprint density at radius 1 is 0.500 bits per heavy atom. The predicted molar refractivity (Wildman–Crippen MR) is 245 cm³/mol. The highest BCUT2D eigenvalue weighted by Gasteiger charge is 2.64. The van der Waals surface area contributed by atoms with E-state index in [-0.39, 0.29) is 28.9 Å². The Morgan fingerprint density at radius 2 is 0.914 bits per heavy atom. The van der Waals surface area contributed by atoms with Crippen LogP contribution in [0.1, 0.15) is 60.8 Å². The lowest BCUT2D eigenvalue weighted by atomic mass is 9.93. The molecule has 12 atom stereocenters. The van der Waals surface area contributed by atoms with Gasteiger partial charge in [-0.05, 0) is 67.9 Å². The first-order valence-corrected chi connectivity index (χ1v) is 22.6. The molecule has 3 aliphatic heterocycles. The van der Waals surface area contributed by atoms with Crippen molar-refractivity contribution in [3.63, 3.8) is 0 Å². The van der Waals surface area contributed by atoms with Crippen molar-refractivity contribution in [3.8, 4) is 0 Å². The topological polar surface area (TPSA) is 199 Å². The summed E-state index contributed by atoms with van der Waals surface area (Å²) in [7, 11) is 2.80. The second kappa shape index (κ2) is 22.6. The van der Waals surface area contributed by atoms with E-state index in [0.29, 0.717) is 0 Å². The van der Waals surface area contributed by atoms with Crippen molar-refractivity contribution in [1.29, 1.82) is 0 Å². The van der Waals surface area contributed by atoms with Gasteiger partial charge < -0.3 is 61.9 Å². The summed E-state index contributed by atoms with van der Waals surface area (Å²) in [6.07, 6.45) is -14.7. The number of aliphatic hydroxyl groups is 1. The molecule has 70 heavy (non-hydrogen) atoms. The predicted octanol–water partition coefficient (Wildman–Crippen LogP) is 6.07. The van der Waals surface area contributed by atoms with E-state index in [1.807, 2.05) is 30.3 Å². The number of aliphatic hydroxyl groups excluding tert-OH is 1. The summed E-state index contributed by atoms with van der Waals surface area (Å²) in [6.45, 7) is 1.99. The summed E-state index contributed by atoms with van der Waals surface area (Å²) < 4.78 is 76.2. The average Bonchev–Trinajstić information content (AvgIpc) is 3.40. The van der Waals surface area contributed by atoms with Gasteiger partial charge in [-0.15, -0.1) is 0 Å². The third kappa shape index (κ3) is 11.1. The number of rotatable bonds is 17. The van der Waals surface area contributed by atoms with E-state index in [1.165, 1.54) is 50.6 Å². The van der Waals surface area contributed by atoms with E-state index in [4.69, 9.17) is 56.8 Å². The maximum absolute atomic E-state index is 14.3. The van der Waals surface area contributed by atoms with Crippen molar-refractivity contribution >= 4 is 23.9 Å². The van der Waals surface area contributed by atoms with E-state index < -0.39 is 110 Å². The Kier molecular flexibility index (Phi) is 16.1. The van der Waals surface area contributed by atoms with Crippen LogP contribution in [0.5, 0.6) is 0 Å². The van der Waals surface area contributed by atoms with Crippen molar-refractivity contribution in [3.05, 3.63) is 179 Å². The fraction of sp³-hybridized carbons (Fsp3) is 0.358. The third-order valence-corrected chi connectivity index (χ3v) is 12.4. The Hall–Kier alpha value is -6.38. The van der Waals surface area contributed by atoms with Crippen molar-refractivity contribution < 1.29 is 81.1 Å². The molecule has 3 fully saturated rings. The van der Waals surface area contributed by atoms with Gasteiger partial charge in [0.25, 0.3) is 0 Å². The lowest BCUT2D eigenvalue weighted by molar-refractivity contribution is -0.487. The van der Waals surface area contributed by atoms with Crippen molar-refractivity contribution in [2.24, 2.45) is 0 Å². The van der Waals surface area contributed by atoms with Crippen LogP contribution in [0.25, 0.3) is 0 Å². The number of ether oxygens (including phenoxy) is 12. The summed E-state index contributed by atoms with van der Waals surface area (Å²) in [4.78, 5) is 56.3. The van der Waals surface area contributed by atoms with Gasteiger partial charge in [0.2, 0.25) is 11.6 Å². The highest BCUT2D eigenvalue weighted by molar-refractivity contribution is 5.91. The monoisotopic (exact) mass is 962 g/mol. The van der Waals surface area contributed by atoms with E-state index >= 15 is 0 Å².